The van der Waals surface area contributed by atoms with Crippen LogP contribution < -0.4 is 5.32 Å². The van der Waals surface area contributed by atoms with E-state index in [2.05, 4.69) is 15.5 Å². The van der Waals surface area contributed by atoms with Gasteiger partial charge < -0.3 is 5.32 Å². The summed E-state index contributed by atoms with van der Waals surface area (Å²) in [5, 5.41) is 21.2. The van der Waals surface area contributed by atoms with Crippen LogP contribution in [0.4, 0.5) is 10.2 Å². The van der Waals surface area contributed by atoms with Gasteiger partial charge in [0.1, 0.15) is 11.9 Å². The summed E-state index contributed by atoms with van der Waals surface area (Å²) in [6, 6.07) is 13.7. The third kappa shape index (κ3) is 3.99. The van der Waals surface area contributed by atoms with Crippen molar-refractivity contribution in [1.82, 2.24) is 19.6 Å². The minimum absolute atomic E-state index is 0.00577. The van der Waals surface area contributed by atoms with E-state index in [1.165, 1.54) is 12.1 Å². The second kappa shape index (κ2) is 7.56. The minimum atomic E-state index is -0.547. The normalized spacial score (nSPS) is 10.8. The first kappa shape index (κ1) is 18.4. The highest BCUT2D eigenvalue weighted by Gasteiger charge is 2.09. The molecular formula is C21H17FN6O. The zero-order chi connectivity index (χ0) is 20.4. The van der Waals surface area contributed by atoms with Crippen LogP contribution in [0.1, 0.15) is 16.7 Å². The highest BCUT2D eigenvalue weighted by atomic mass is 19.1. The average Bonchev–Trinajstić information content (AvgIpc) is 3.29. The summed E-state index contributed by atoms with van der Waals surface area (Å²) >= 11 is 0. The fraction of sp³-hybridized carbons (Fsp3) is 0.143. The van der Waals surface area contributed by atoms with Crippen molar-refractivity contribution in [3.63, 3.8) is 0 Å². The van der Waals surface area contributed by atoms with Crippen LogP contribution >= 0.6 is 0 Å². The van der Waals surface area contributed by atoms with E-state index in [-0.39, 0.29) is 17.9 Å². The molecule has 1 amide bonds. The van der Waals surface area contributed by atoms with Crippen molar-refractivity contribution in [3.8, 4) is 6.07 Å². The van der Waals surface area contributed by atoms with E-state index >= 15 is 0 Å². The van der Waals surface area contributed by atoms with Gasteiger partial charge in [0.25, 0.3) is 0 Å². The summed E-state index contributed by atoms with van der Waals surface area (Å²) in [4.78, 5) is 12.4. The van der Waals surface area contributed by atoms with Crippen LogP contribution in [-0.2, 0) is 24.8 Å². The van der Waals surface area contributed by atoms with Crippen LogP contribution in [0.2, 0.25) is 0 Å². The van der Waals surface area contributed by atoms with Crippen molar-refractivity contribution in [3.05, 3.63) is 77.4 Å². The summed E-state index contributed by atoms with van der Waals surface area (Å²) in [5.74, 6) is -0.291. The molecule has 1 N–H and O–H groups in total. The number of aryl methyl sites for hydroxylation is 1. The van der Waals surface area contributed by atoms with Crippen LogP contribution in [0, 0.1) is 17.1 Å². The molecule has 144 valence electrons. The molecular weight excluding hydrogens is 371 g/mol. The molecule has 0 unspecified atom stereocenters. The van der Waals surface area contributed by atoms with Crippen molar-refractivity contribution in [2.24, 2.45) is 7.05 Å². The maximum absolute atomic E-state index is 13.4. The van der Waals surface area contributed by atoms with Crippen LogP contribution in [0.25, 0.3) is 10.9 Å². The Bertz CT molecular complexity index is 1250. The van der Waals surface area contributed by atoms with Crippen LogP contribution in [0.5, 0.6) is 0 Å². The predicted octanol–water partition coefficient (Wildman–Crippen LogP) is 3.01. The standard InChI is InChI=1S/C21H17FN6O/c1-27-19-5-3-14(8-17(19)12-24-27)10-21(29)25-20-6-7-28(26-20)13-15-2-4-18(22)16(9-15)11-23/h2-9,12H,10,13H2,1H3,(H,25,26,29). The molecule has 2 aromatic heterocycles. The summed E-state index contributed by atoms with van der Waals surface area (Å²) < 4.78 is 16.8. The van der Waals surface area contributed by atoms with E-state index in [4.69, 9.17) is 5.26 Å². The molecule has 0 spiro atoms. The summed E-state index contributed by atoms with van der Waals surface area (Å²) in [7, 11) is 1.87. The van der Waals surface area contributed by atoms with Gasteiger partial charge in [-0.3, -0.25) is 14.2 Å². The number of nitriles is 1. The lowest BCUT2D eigenvalue weighted by molar-refractivity contribution is -0.115. The molecule has 0 bridgehead atoms. The third-order valence-corrected chi connectivity index (χ3v) is 4.58. The Morgan fingerprint density at radius 1 is 1.21 bits per heavy atom. The fourth-order valence-electron chi connectivity index (χ4n) is 3.16. The molecule has 0 atom stereocenters. The number of benzene rings is 2. The Morgan fingerprint density at radius 3 is 2.86 bits per heavy atom. The molecule has 0 aliphatic heterocycles. The molecule has 0 fully saturated rings. The molecule has 4 rings (SSSR count). The van der Waals surface area contributed by atoms with Gasteiger partial charge in [-0.2, -0.15) is 15.5 Å². The predicted molar refractivity (Wildman–Crippen MR) is 105 cm³/mol. The smallest absolute Gasteiger partial charge is 0.229 e. The number of rotatable bonds is 5. The van der Waals surface area contributed by atoms with Gasteiger partial charge in [-0.15, -0.1) is 0 Å². The maximum atomic E-state index is 13.4. The quantitative estimate of drug-likeness (QED) is 0.569. The number of aromatic nitrogens is 4. The Morgan fingerprint density at radius 2 is 2.03 bits per heavy atom. The largest absolute Gasteiger partial charge is 0.309 e. The van der Waals surface area contributed by atoms with Gasteiger partial charge >= 0.3 is 0 Å². The number of carbonyl (C=O) groups is 1. The van der Waals surface area contributed by atoms with E-state index in [9.17, 15) is 9.18 Å². The highest BCUT2D eigenvalue weighted by Crippen LogP contribution is 2.16. The van der Waals surface area contributed by atoms with Gasteiger partial charge in [-0.1, -0.05) is 12.1 Å². The fourth-order valence-corrected chi connectivity index (χ4v) is 3.16. The van der Waals surface area contributed by atoms with Gasteiger partial charge in [0.05, 0.1) is 30.2 Å². The molecule has 0 radical (unpaired) electrons. The molecule has 4 aromatic rings. The number of hydrogen-bond acceptors (Lipinski definition) is 4. The van der Waals surface area contributed by atoms with Crippen LogP contribution in [0.3, 0.4) is 0 Å². The summed E-state index contributed by atoms with van der Waals surface area (Å²) in [6.07, 6.45) is 3.71. The second-order valence-corrected chi connectivity index (χ2v) is 6.71. The molecule has 8 heteroatoms. The topological polar surface area (TPSA) is 88.5 Å². The number of amides is 1. The van der Waals surface area contributed by atoms with E-state index in [0.717, 1.165) is 22.0 Å². The van der Waals surface area contributed by atoms with Gasteiger partial charge in [0.2, 0.25) is 5.91 Å². The third-order valence-electron chi connectivity index (χ3n) is 4.58. The molecule has 29 heavy (non-hydrogen) atoms. The number of fused-ring (bicyclic) bond motifs is 1. The Kier molecular flexibility index (Phi) is 4.79. The lowest BCUT2D eigenvalue weighted by atomic mass is 10.1. The minimum Gasteiger partial charge on any atom is -0.309 e. The first-order chi connectivity index (χ1) is 14.0. The van der Waals surface area contributed by atoms with Gasteiger partial charge in [-0.05, 0) is 35.4 Å². The molecule has 0 saturated heterocycles. The lowest BCUT2D eigenvalue weighted by Crippen LogP contribution is -2.15. The maximum Gasteiger partial charge on any atom is 0.229 e. The lowest BCUT2D eigenvalue weighted by Gasteiger charge is -2.05. The molecule has 0 aliphatic carbocycles. The number of halogens is 1. The molecule has 0 saturated carbocycles. The molecule has 0 aliphatic rings. The van der Waals surface area contributed by atoms with Gasteiger partial charge in [0.15, 0.2) is 5.82 Å². The molecule has 7 nitrogen and oxygen atoms in total. The van der Waals surface area contributed by atoms with Crippen molar-refractivity contribution in [1.29, 1.82) is 5.26 Å². The average molecular weight is 388 g/mol. The van der Waals surface area contributed by atoms with Gasteiger partial charge in [0, 0.05) is 24.7 Å². The number of hydrogen-bond donors (Lipinski definition) is 1. The Hall–Kier alpha value is -3.99. The first-order valence-electron chi connectivity index (χ1n) is 8.94. The van der Waals surface area contributed by atoms with Crippen molar-refractivity contribution in [2.45, 2.75) is 13.0 Å². The van der Waals surface area contributed by atoms with Crippen molar-refractivity contribution < 1.29 is 9.18 Å². The molecule has 2 aromatic carbocycles. The van der Waals surface area contributed by atoms with E-state index in [0.29, 0.717) is 12.4 Å². The number of carbonyl (C=O) groups excluding carboxylic acids is 1. The summed E-state index contributed by atoms with van der Waals surface area (Å²) in [5.41, 5.74) is 2.63. The number of anilines is 1. The van der Waals surface area contributed by atoms with E-state index < -0.39 is 5.82 Å². The van der Waals surface area contributed by atoms with E-state index in [1.807, 2.05) is 31.3 Å². The van der Waals surface area contributed by atoms with Crippen LogP contribution in [0.15, 0.2) is 54.9 Å². The van der Waals surface area contributed by atoms with Crippen LogP contribution in [-0.4, -0.2) is 25.5 Å². The Labute approximate surface area is 166 Å². The second-order valence-electron chi connectivity index (χ2n) is 6.71. The zero-order valence-corrected chi connectivity index (χ0v) is 15.6. The number of nitrogens with zero attached hydrogens (tertiary/aromatic N) is 5. The SMILES string of the molecule is Cn1ncc2cc(CC(=O)Nc3ccn(Cc4ccc(F)c(C#N)c4)n3)ccc21. The van der Waals surface area contributed by atoms with E-state index in [1.54, 1.807) is 33.9 Å². The highest BCUT2D eigenvalue weighted by molar-refractivity contribution is 5.92. The monoisotopic (exact) mass is 388 g/mol. The Balaban J connectivity index is 1.40. The van der Waals surface area contributed by atoms with Crippen molar-refractivity contribution >= 4 is 22.6 Å². The van der Waals surface area contributed by atoms with Gasteiger partial charge in [-0.25, -0.2) is 4.39 Å². The van der Waals surface area contributed by atoms with Crippen molar-refractivity contribution in [2.75, 3.05) is 5.32 Å². The molecule has 2 heterocycles. The zero-order valence-electron chi connectivity index (χ0n) is 15.6. The summed E-state index contributed by atoms with van der Waals surface area (Å²) in [6.45, 7) is 0.364. The first-order valence-corrected chi connectivity index (χ1v) is 8.94. The number of nitrogens with one attached hydrogen (secondary N) is 1.